The van der Waals surface area contributed by atoms with E-state index in [0.29, 0.717) is 76.4 Å². The van der Waals surface area contributed by atoms with E-state index in [1.807, 2.05) is 24.3 Å². The Hall–Kier alpha value is -4.53. The van der Waals surface area contributed by atoms with Crippen LogP contribution in [0.15, 0.2) is 59.2 Å². The number of carbonyl (C=O) groups is 5. The molecule has 49 heavy (non-hydrogen) atoms. The number of ether oxygens (including phenoxy) is 1. The summed E-state index contributed by atoms with van der Waals surface area (Å²) in [7, 11) is 0. The molecule has 266 valence electrons. The van der Waals surface area contributed by atoms with E-state index in [9.17, 15) is 24.0 Å². The van der Waals surface area contributed by atoms with Gasteiger partial charge >= 0.3 is 0 Å². The SMILES string of the molecule is NCCOCCNC(=O)[C@@H]1CCCNC/C=C\C(=O)N2CCC[C@H](C2)C(=O)N[C@@H](Cc2ccco2)C(=O)NCc2ccccc2CC(=O)N1. The van der Waals surface area contributed by atoms with Crippen molar-refractivity contribution in [1.29, 1.82) is 0 Å². The Morgan fingerprint density at radius 1 is 1.00 bits per heavy atom. The lowest BCUT2D eigenvalue weighted by atomic mass is 9.96. The van der Waals surface area contributed by atoms with Crippen LogP contribution in [-0.2, 0) is 48.1 Å². The zero-order chi connectivity index (χ0) is 34.8. The fourth-order valence-corrected chi connectivity index (χ4v) is 5.85. The maximum absolute atomic E-state index is 13.5. The average Bonchev–Trinajstić information content (AvgIpc) is 3.62. The van der Waals surface area contributed by atoms with Crippen LogP contribution in [-0.4, -0.2) is 99.0 Å². The molecule has 1 aromatic carbocycles. The second-order valence-electron chi connectivity index (χ2n) is 12.2. The molecule has 14 heteroatoms. The van der Waals surface area contributed by atoms with Crippen LogP contribution in [0.3, 0.4) is 0 Å². The highest BCUT2D eigenvalue weighted by Gasteiger charge is 2.31. The summed E-state index contributed by atoms with van der Waals surface area (Å²) >= 11 is 0. The molecular formula is C35H49N7O7. The Morgan fingerprint density at radius 2 is 1.84 bits per heavy atom. The van der Waals surface area contributed by atoms with Crippen LogP contribution in [0.25, 0.3) is 0 Å². The van der Waals surface area contributed by atoms with Gasteiger partial charge in [0.1, 0.15) is 17.8 Å². The van der Waals surface area contributed by atoms with Gasteiger partial charge in [0, 0.05) is 51.8 Å². The predicted octanol–water partition coefficient (Wildman–Crippen LogP) is -0.0797. The molecule has 0 radical (unpaired) electrons. The first kappa shape index (κ1) is 37.3. The number of fused-ring (bicyclic) bond motifs is 3. The van der Waals surface area contributed by atoms with E-state index < -0.39 is 23.9 Å². The average molecular weight is 680 g/mol. The molecule has 5 amide bonds. The largest absolute Gasteiger partial charge is 0.469 e. The van der Waals surface area contributed by atoms with Crippen molar-refractivity contribution in [3.05, 3.63) is 71.7 Å². The van der Waals surface area contributed by atoms with Crippen molar-refractivity contribution in [2.24, 2.45) is 11.7 Å². The van der Waals surface area contributed by atoms with Crippen molar-refractivity contribution in [2.45, 2.75) is 57.2 Å². The molecular weight excluding hydrogens is 630 g/mol. The van der Waals surface area contributed by atoms with Gasteiger partial charge in [0.05, 0.1) is 31.8 Å². The van der Waals surface area contributed by atoms with Crippen molar-refractivity contribution in [3.63, 3.8) is 0 Å². The fourth-order valence-electron chi connectivity index (χ4n) is 5.85. The highest BCUT2D eigenvalue weighted by molar-refractivity contribution is 5.91. The van der Waals surface area contributed by atoms with Crippen LogP contribution in [0.4, 0.5) is 0 Å². The maximum Gasteiger partial charge on any atom is 0.246 e. The smallest absolute Gasteiger partial charge is 0.246 e. The number of rotatable bonds is 8. The summed E-state index contributed by atoms with van der Waals surface area (Å²) in [6.07, 6.45) is 7.13. The molecule has 1 aromatic heterocycles. The number of amides is 5. The molecule has 2 aliphatic heterocycles. The third kappa shape index (κ3) is 12.5. The number of benzene rings is 1. The summed E-state index contributed by atoms with van der Waals surface area (Å²) < 4.78 is 10.8. The normalized spacial score (nSPS) is 22.6. The second kappa shape index (κ2) is 20.1. The van der Waals surface area contributed by atoms with Crippen LogP contribution >= 0.6 is 0 Å². The molecule has 0 aliphatic carbocycles. The standard InChI is InChI=1S/C35H49N7O7/c36-13-19-48-20-16-38-34(46)29-11-3-14-37-15-4-12-32(44)42-17-5-9-27(24-42)33(45)41-30(22-28-10-6-18-49-28)35(47)39-23-26-8-2-1-7-25(26)21-31(43)40-29/h1-2,4,6-8,10,12,18,27,29-30,37H,3,5,9,11,13-17,19-24,36H2,(H,38,46)(H,39,47)(H,40,43)(H,41,45)/b12-4-/t27-,29+,30+/m1/s1. The predicted molar refractivity (Wildman–Crippen MR) is 182 cm³/mol. The van der Waals surface area contributed by atoms with Gasteiger partial charge in [0.15, 0.2) is 0 Å². The summed E-state index contributed by atoms with van der Waals surface area (Å²) in [4.78, 5) is 67.9. The third-order valence-corrected chi connectivity index (χ3v) is 8.47. The van der Waals surface area contributed by atoms with E-state index in [-0.39, 0.29) is 56.1 Å². The molecule has 1 fully saturated rings. The van der Waals surface area contributed by atoms with E-state index >= 15 is 0 Å². The quantitative estimate of drug-likeness (QED) is 0.207. The van der Waals surface area contributed by atoms with Gasteiger partial charge in [0.2, 0.25) is 29.5 Å². The zero-order valence-corrected chi connectivity index (χ0v) is 27.9. The minimum atomic E-state index is -0.923. The summed E-state index contributed by atoms with van der Waals surface area (Å²) in [5, 5.41) is 14.8. The van der Waals surface area contributed by atoms with Gasteiger partial charge in [-0.25, -0.2) is 0 Å². The van der Waals surface area contributed by atoms with Crippen molar-refractivity contribution in [3.8, 4) is 0 Å². The van der Waals surface area contributed by atoms with Gasteiger partial charge in [-0.1, -0.05) is 30.3 Å². The summed E-state index contributed by atoms with van der Waals surface area (Å²) in [6.45, 7) is 3.27. The summed E-state index contributed by atoms with van der Waals surface area (Å²) in [5.74, 6) is -1.46. The molecule has 0 spiro atoms. The number of hydrogen-bond acceptors (Lipinski definition) is 9. The molecule has 14 nitrogen and oxygen atoms in total. The topological polar surface area (TPSA) is 197 Å². The molecule has 2 aromatic rings. The van der Waals surface area contributed by atoms with E-state index in [1.54, 1.807) is 23.1 Å². The lowest BCUT2D eigenvalue weighted by Gasteiger charge is -2.32. The highest BCUT2D eigenvalue weighted by Crippen LogP contribution is 2.18. The van der Waals surface area contributed by atoms with Crippen LogP contribution in [0.1, 0.15) is 42.6 Å². The maximum atomic E-state index is 13.5. The molecule has 2 bridgehead atoms. The van der Waals surface area contributed by atoms with Crippen LogP contribution in [0.5, 0.6) is 0 Å². The minimum Gasteiger partial charge on any atom is -0.469 e. The van der Waals surface area contributed by atoms with Crippen molar-refractivity contribution in [1.82, 2.24) is 31.5 Å². The molecule has 3 heterocycles. The Bertz CT molecular complexity index is 1410. The molecule has 1 saturated heterocycles. The first-order valence-corrected chi connectivity index (χ1v) is 17.0. The first-order valence-electron chi connectivity index (χ1n) is 17.0. The molecule has 0 unspecified atom stereocenters. The lowest BCUT2D eigenvalue weighted by molar-refractivity contribution is -0.135. The molecule has 2 aliphatic rings. The Balaban J connectivity index is 1.51. The van der Waals surface area contributed by atoms with Crippen molar-refractivity contribution < 1.29 is 33.1 Å². The lowest BCUT2D eigenvalue weighted by Crippen LogP contribution is -2.52. The number of nitrogens with two attached hydrogens (primary N) is 1. The van der Waals surface area contributed by atoms with Crippen LogP contribution < -0.4 is 32.3 Å². The Morgan fingerprint density at radius 3 is 2.63 bits per heavy atom. The van der Waals surface area contributed by atoms with Gasteiger partial charge in [-0.3, -0.25) is 24.0 Å². The third-order valence-electron chi connectivity index (χ3n) is 8.47. The summed E-state index contributed by atoms with van der Waals surface area (Å²) in [5.41, 5.74) is 6.87. The van der Waals surface area contributed by atoms with Crippen molar-refractivity contribution in [2.75, 3.05) is 52.5 Å². The number of hydrogen-bond donors (Lipinski definition) is 6. The summed E-state index contributed by atoms with van der Waals surface area (Å²) in [6, 6.07) is 9.02. The Kier molecular flexibility index (Phi) is 15.3. The number of furan rings is 1. The van der Waals surface area contributed by atoms with E-state index in [4.69, 9.17) is 14.9 Å². The molecule has 0 saturated carbocycles. The zero-order valence-electron chi connectivity index (χ0n) is 27.9. The van der Waals surface area contributed by atoms with E-state index in [0.717, 1.165) is 5.56 Å². The molecule has 3 atom stereocenters. The van der Waals surface area contributed by atoms with Crippen molar-refractivity contribution >= 4 is 29.5 Å². The van der Waals surface area contributed by atoms with Crippen LogP contribution in [0, 0.1) is 5.92 Å². The monoisotopic (exact) mass is 679 g/mol. The highest BCUT2D eigenvalue weighted by atomic mass is 16.5. The number of nitrogens with one attached hydrogen (secondary N) is 5. The van der Waals surface area contributed by atoms with E-state index in [1.165, 1.54) is 12.3 Å². The molecule has 7 N–H and O–H groups in total. The van der Waals surface area contributed by atoms with Crippen LogP contribution in [0.2, 0.25) is 0 Å². The van der Waals surface area contributed by atoms with Gasteiger partial charge in [-0.2, -0.15) is 0 Å². The van der Waals surface area contributed by atoms with Gasteiger partial charge in [0.25, 0.3) is 0 Å². The van der Waals surface area contributed by atoms with Gasteiger partial charge in [-0.05, 0) is 55.5 Å². The Labute approximate surface area is 286 Å². The van der Waals surface area contributed by atoms with Gasteiger partial charge in [-0.15, -0.1) is 0 Å². The number of nitrogens with zero attached hydrogens (tertiary/aromatic N) is 1. The molecule has 4 rings (SSSR count). The van der Waals surface area contributed by atoms with E-state index in [2.05, 4.69) is 26.6 Å². The minimum absolute atomic E-state index is 0.00273. The second-order valence-corrected chi connectivity index (χ2v) is 12.2. The fraction of sp³-hybridized carbons (Fsp3) is 0.514. The first-order chi connectivity index (χ1) is 23.8. The number of piperidine rings is 1. The van der Waals surface area contributed by atoms with Gasteiger partial charge < -0.3 is 46.4 Å². The number of carbonyl (C=O) groups excluding carboxylic acids is 5.